The lowest BCUT2D eigenvalue weighted by molar-refractivity contribution is -0.0180. The molecule has 0 radical (unpaired) electrons. The standard InChI is InChI=1S/C11H23NO/c1-5-12-11(8(2)3)9-6-10(7-9)13-4/h8-12H,5-7H2,1-4H3. The molecule has 0 amide bonds. The summed E-state index contributed by atoms with van der Waals surface area (Å²) in [5, 5.41) is 3.57. The molecule has 2 heteroatoms. The molecule has 1 fully saturated rings. The summed E-state index contributed by atoms with van der Waals surface area (Å²) in [5.41, 5.74) is 0. The van der Waals surface area contributed by atoms with Crippen LogP contribution in [0.4, 0.5) is 0 Å². The van der Waals surface area contributed by atoms with Crippen LogP contribution in [-0.4, -0.2) is 25.8 Å². The van der Waals surface area contributed by atoms with Crippen molar-refractivity contribution in [2.45, 2.75) is 45.8 Å². The first-order valence-electron chi connectivity index (χ1n) is 5.45. The highest BCUT2D eigenvalue weighted by atomic mass is 16.5. The molecule has 1 N–H and O–H groups in total. The molecule has 0 spiro atoms. The van der Waals surface area contributed by atoms with Gasteiger partial charge in [-0.05, 0) is 31.2 Å². The van der Waals surface area contributed by atoms with E-state index >= 15 is 0 Å². The normalized spacial score (nSPS) is 30.2. The van der Waals surface area contributed by atoms with Crippen molar-refractivity contribution in [3.63, 3.8) is 0 Å². The molecule has 1 atom stereocenters. The average molecular weight is 185 g/mol. The lowest BCUT2D eigenvalue weighted by Crippen LogP contribution is -2.48. The van der Waals surface area contributed by atoms with Crippen LogP contribution in [0.1, 0.15) is 33.6 Å². The van der Waals surface area contributed by atoms with Crippen LogP contribution in [0.3, 0.4) is 0 Å². The van der Waals surface area contributed by atoms with E-state index in [4.69, 9.17) is 4.74 Å². The van der Waals surface area contributed by atoms with E-state index in [1.807, 2.05) is 7.11 Å². The van der Waals surface area contributed by atoms with Crippen molar-refractivity contribution in [2.75, 3.05) is 13.7 Å². The molecule has 2 nitrogen and oxygen atoms in total. The molecule has 0 aromatic heterocycles. The first-order chi connectivity index (χ1) is 6.19. The van der Waals surface area contributed by atoms with Gasteiger partial charge in [0, 0.05) is 13.2 Å². The molecule has 1 aliphatic rings. The minimum absolute atomic E-state index is 0.532. The van der Waals surface area contributed by atoms with Crippen LogP contribution in [0.25, 0.3) is 0 Å². The molecule has 1 aliphatic carbocycles. The first-order valence-corrected chi connectivity index (χ1v) is 5.45. The Hall–Kier alpha value is -0.0800. The van der Waals surface area contributed by atoms with Crippen molar-refractivity contribution in [1.82, 2.24) is 5.32 Å². The van der Waals surface area contributed by atoms with Crippen LogP contribution in [0.15, 0.2) is 0 Å². The molecule has 1 rings (SSSR count). The lowest BCUT2D eigenvalue weighted by atomic mass is 9.73. The largest absolute Gasteiger partial charge is 0.381 e. The van der Waals surface area contributed by atoms with Crippen molar-refractivity contribution in [3.8, 4) is 0 Å². The highest BCUT2D eigenvalue weighted by molar-refractivity contribution is 4.90. The van der Waals surface area contributed by atoms with E-state index in [0.29, 0.717) is 12.1 Å². The van der Waals surface area contributed by atoms with Crippen molar-refractivity contribution in [1.29, 1.82) is 0 Å². The summed E-state index contributed by atoms with van der Waals surface area (Å²) in [7, 11) is 1.82. The minimum Gasteiger partial charge on any atom is -0.381 e. The Labute approximate surface area is 82.0 Å². The Bertz CT molecular complexity index is 141. The predicted octanol–water partition coefficient (Wildman–Crippen LogP) is 2.05. The number of nitrogens with one attached hydrogen (secondary N) is 1. The zero-order chi connectivity index (χ0) is 9.84. The molecular weight excluding hydrogens is 162 g/mol. The molecular formula is C11H23NO. The smallest absolute Gasteiger partial charge is 0.0577 e. The zero-order valence-electron chi connectivity index (χ0n) is 9.34. The molecule has 1 saturated carbocycles. The lowest BCUT2D eigenvalue weighted by Gasteiger charge is -2.41. The van der Waals surface area contributed by atoms with Gasteiger partial charge in [0.05, 0.1) is 6.10 Å². The van der Waals surface area contributed by atoms with Gasteiger partial charge in [-0.1, -0.05) is 20.8 Å². The van der Waals surface area contributed by atoms with Crippen molar-refractivity contribution in [3.05, 3.63) is 0 Å². The predicted molar refractivity (Wildman–Crippen MR) is 55.8 cm³/mol. The van der Waals surface area contributed by atoms with Crippen LogP contribution < -0.4 is 5.32 Å². The van der Waals surface area contributed by atoms with Gasteiger partial charge in [-0.15, -0.1) is 0 Å². The van der Waals surface area contributed by atoms with Gasteiger partial charge in [0.2, 0.25) is 0 Å². The SMILES string of the molecule is CCNC(C(C)C)C1CC(OC)C1. The van der Waals surface area contributed by atoms with Crippen LogP contribution >= 0.6 is 0 Å². The topological polar surface area (TPSA) is 21.3 Å². The number of hydrogen-bond acceptors (Lipinski definition) is 2. The summed E-state index contributed by atoms with van der Waals surface area (Å²) in [6.07, 6.45) is 3.02. The maximum absolute atomic E-state index is 5.30. The minimum atomic E-state index is 0.532. The second-order valence-electron chi connectivity index (χ2n) is 4.42. The van der Waals surface area contributed by atoms with E-state index < -0.39 is 0 Å². The number of methoxy groups -OCH3 is 1. The first kappa shape index (κ1) is 11.0. The second kappa shape index (κ2) is 4.97. The molecule has 78 valence electrons. The van der Waals surface area contributed by atoms with E-state index in [2.05, 4.69) is 26.1 Å². The summed E-state index contributed by atoms with van der Waals surface area (Å²) in [5.74, 6) is 1.58. The van der Waals surface area contributed by atoms with Gasteiger partial charge in [-0.2, -0.15) is 0 Å². The number of ether oxygens (including phenoxy) is 1. The number of rotatable bonds is 5. The average Bonchev–Trinajstić information content (AvgIpc) is 2.00. The third-order valence-corrected chi connectivity index (χ3v) is 3.13. The van der Waals surface area contributed by atoms with Gasteiger partial charge in [0.25, 0.3) is 0 Å². The summed E-state index contributed by atoms with van der Waals surface area (Å²) in [6, 6.07) is 0.691. The molecule has 13 heavy (non-hydrogen) atoms. The summed E-state index contributed by atoms with van der Waals surface area (Å²) in [4.78, 5) is 0. The molecule has 0 heterocycles. The van der Waals surface area contributed by atoms with Crippen molar-refractivity contribution >= 4 is 0 Å². The molecule has 0 aliphatic heterocycles. The van der Waals surface area contributed by atoms with Gasteiger partial charge in [-0.3, -0.25) is 0 Å². The molecule has 0 aromatic rings. The van der Waals surface area contributed by atoms with E-state index in [0.717, 1.165) is 18.4 Å². The van der Waals surface area contributed by atoms with Gasteiger partial charge in [0.1, 0.15) is 0 Å². The maximum Gasteiger partial charge on any atom is 0.0577 e. The summed E-state index contributed by atoms with van der Waals surface area (Å²) >= 11 is 0. The fourth-order valence-electron chi connectivity index (χ4n) is 2.27. The summed E-state index contributed by atoms with van der Waals surface area (Å²) < 4.78 is 5.30. The highest BCUT2D eigenvalue weighted by Gasteiger charge is 2.35. The molecule has 0 aromatic carbocycles. The van der Waals surface area contributed by atoms with Gasteiger partial charge in [-0.25, -0.2) is 0 Å². The van der Waals surface area contributed by atoms with Crippen molar-refractivity contribution in [2.24, 2.45) is 11.8 Å². The third-order valence-electron chi connectivity index (χ3n) is 3.13. The van der Waals surface area contributed by atoms with E-state index in [9.17, 15) is 0 Å². The Balaban J connectivity index is 2.31. The molecule has 0 saturated heterocycles. The van der Waals surface area contributed by atoms with Gasteiger partial charge < -0.3 is 10.1 Å². The quantitative estimate of drug-likeness (QED) is 0.708. The molecule has 0 bridgehead atoms. The maximum atomic E-state index is 5.30. The molecule has 1 unspecified atom stereocenters. The Morgan fingerprint density at radius 3 is 2.38 bits per heavy atom. The van der Waals surface area contributed by atoms with E-state index in [1.54, 1.807) is 0 Å². The van der Waals surface area contributed by atoms with E-state index in [1.165, 1.54) is 12.8 Å². The highest BCUT2D eigenvalue weighted by Crippen LogP contribution is 2.34. The van der Waals surface area contributed by atoms with Crippen LogP contribution in [-0.2, 0) is 4.74 Å². The fourth-order valence-corrected chi connectivity index (χ4v) is 2.27. The monoisotopic (exact) mass is 185 g/mol. The summed E-state index contributed by atoms with van der Waals surface area (Å²) in [6.45, 7) is 7.86. The van der Waals surface area contributed by atoms with Crippen molar-refractivity contribution < 1.29 is 4.74 Å². The van der Waals surface area contributed by atoms with Gasteiger partial charge >= 0.3 is 0 Å². The Kier molecular flexibility index (Phi) is 4.20. The number of hydrogen-bond donors (Lipinski definition) is 1. The van der Waals surface area contributed by atoms with Gasteiger partial charge in [0.15, 0.2) is 0 Å². The third kappa shape index (κ3) is 2.68. The van der Waals surface area contributed by atoms with Crippen LogP contribution in [0.5, 0.6) is 0 Å². The zero-order valence-corrected chi connectivity index (χ0v) is 9.34. The Morgan fingerprint density at radius 2 is 2.00 bits per heavy atom. The van der Waals surface area contributed by atoms with E-state index in [-0.39, 0.29) is 0 Å². The second-order valence-corrected chi connectivity index (χ2v) is 4.42. The Morgan fingerprint density at radius 1 is 1.38 bits per heavy atom. The van der Waals surface area contributed by atoms with Crippen LogP contribution in [0.2, 0.25) is 0 Å². The van der Waals surface area contributed by atoms with Crippen LogP contribution in [0, 0.1) is 11.8 Å². The fraction of sp³-hybridized carbons (Fsp3) is 1.00.